The Kier molecular flexibility index (Phi) is 3.62. The number of aromatic amines is 1. The fourth-order valence-corrected chi connectivity index (χ4v) is 1.84. The summed E-state index contributed by atoms with van der Waals surface area (Å²) in [4.78, 5) is 12.0. The minimum atomic E-state index is -0.197. The van der Waals surface area contributed by atoms with E-state index < -0.39 is 0 Å². The van der Waals surface area contributed by atoms with Gasteiger partial charge in [-0.15, -0.1) is 0 Å². The molecule has 0 aliphatic heterocycles. The van der Waals surface area contributed by atoms with Gasteiger partial charge in [0.25, 0.3) is 5.91 Å². The summed E-state index contributed by atoms with van der Waals surface area (Å²) in [5, 5.41) is 18.6. The smallest absolute Gasteiger partial charge is 0.251 e. The second kappa shape index (κ2) is 5.36. The maximum Gasteiger partial charge on any atom is 0.251 e. The van der Waals surface area contributed by atoms with Gasteiger partial charge in [-0.1, -0.05) is 6.07 Å². The Labute approximate surface area is 111 Å². The van der Waals surface area contributed by atoms with E-state index in [1.54, 1.807) is 24.3 Å². The van der Waals surface area contributed by atoms with Crippen molar-refractivity contribution < 1.29 is 4.79 Å². The van der Waals surface area contributed by atoms with Crippen molar-refractivity contribution in [2.45, 2.75) is 20.4 Å². The Morgan fingerprint density at radius 1 is 1.47 bits per heavy atom. The number of rotatable bonds is 3. The molecule has 0 aliphatic rings. The fourth-order valence-electron chi connectivity index (χ4n) is 1.84. The minimum absolute atomic E-state index is 0.197. The van der Waals surface area contributed by atoms with Crippen molar-refractivity contribution in [2.24, 2.45) is 0 Å². The van der Waals surface area contributed by atoms with Gasteiger partial charge in [-0.25, -0.2) is 0 Å². The molecule has 5 heteroatoms. The zero-order chi connectivity index (χ0) is 13.8. The summed E-state index contributed by atoms with van der Waals surface area (Å²) in [5.41, 5.74) is 3.78. The number of H-pyrrole nitrogens is 1. The third-order valence-corrected chi connectivity index (χ3v) is 2.96. The molecule has 0 atom stereocenters. The van der Waals surface area contributed by atoms with Crippen LogP contribution in [0.1, 0.15) is 32.9 Å². The summed E-state index contributed by atoms with van der Waals surface area (Å²) in [7, 11) is 0. The molecule has 0 radical (unpaired) electrons. The van der Waals surface area contributed by atoms with E-state index in [1.807, 2.05) is 19.9 Å². The van der Waals surface area contributed by atoms with Crippen LogP contribution in [0.3, 0.4) is 0 Å². The van der Waals surface area contributed by atoms with Crippen LogP contribution in [-0.2, 0) is 6.54 Å². The highest BCUT2D eigenvalue weighted by Crippen LogP contribution is 2.09. The van der Waals surface area contributed by atoms with E-state index in [1.165, 1.54) is 0 Å². The third-order valence-electron chi connectivity index (χ3n) is 2.96. The first-order chi connectivity index (χ1) is 9.11. The van der Waals surface area contributed by atoms with Crippen molar-refractivity contribution in [1.82, 2.24) is 15.5 Å². The number of aromatic nitrogens is 2. The van der Waals surface area contributed by atoms with Crippen LogP contribution in [0.15, 0.2) is 24.3 Å². The summed E-state index contributed by atoms with van der Waals surface area (Å²) in [5.74, 6) is -0.197. The summed E-state index contributed by atoms with van der Waals surface area (Å²) in [6.45, 7) is 4.23. The molecule has 0 saturated heterocycles. The lowest BCUT2D eigenvalue weighted by atomic mass is 10.1. The number of nitrogens with zero attached hydrogens (tertiary/aromatic N) is 2. The molecule has 2 aromatic rings. The highest BCUT2D eigenvalue weighted by atomic mass is 16.1. The predicted molar refractivity (Wildman–Crippen MR) is 70.4 cm³/mol. The number of hydrogen-bond acceptors (Lipinski definition) is 3. The topological polar surface area (TPSA) is 81.6 Å². The molecule has 1 aromatic carbocycles. The van der Waals surface area contributed by atoms with Gasteiger partial charge in [-0.05, 0) is 32.0 Å². The van der Waals surface area contributed by atoms with Crippen LogP contribution >= 0.6 is 0 Å². The van der Waals surface area contributed by atoms with Gasteiger partial charge in [0, 0.05) is 23.4 Å². The molecular weight excluding hydrogens is 240 g/mol. The van der Waals surface area contributed by atoms with E-state index in [9.17, 15) is 4.79 Å². The molecule has 0 fully saturated rings. The number of carbonyl (C=O) groups excluding carboxylic acids is 1. The van der Waals surface area contributed by atoms with Gasteiger partial charge in [0.15, 0.2) is 0 Å². The standard InChI is InChI=1S/C14H14N4O/c1-9-13(10(2)18-17-9)8-16-14(19)12-5-3-4-11(6-12)7-15/h3-6H,8H2,1-2H3,(H,16,19)(H,17,18). The molecule has 0 unspecified atom stereocenters. The van der Waals surface area contributed by atoms with Crippen molar-refractivity contribution in [2.75, 3.05) is 0 Å². The quantitative estimate of drug-likeness (QED) is 0.876. The van der Waals surface area contributed by atoms with E-state index in [0.29, 0.717) is 17.7 Å². The molecule has 1 amide bonds. The lowest BCUT2D eigenvalue weighted by molar-refractivity contribution is 0.0951. The lowest BCUT2D eigenvalue weighted by Gasteiger charge is -2.05. The number of nitriles is 1. The molecule has 0 saturated carbocycles. The maximum absolute atomic E-state index is 12.0. The van der Waals surface area contributed by atoms with E-state index in [-0.39, 0.29) is 5.91 Å². The highest BCUT2D eigenvalue weighted by Gasteiger charge is 2.10. The SMILES string of the molecule is Cc1n[nH]c(C)c1CNC(=O)c1cccc(C#N)c1. The van der Waals surface area contributed by atoms with Crippen LogP contribution in [0.4, 0.5) is 0 Å². The lowest BCUT2D eigenvalue weighted by Crippen LogP contribution is -2.23. The van der Waals surface area contributed by atoms with Crippen molar-refractivity contribution >= 4 is 5.91 Å². The van der Waals surface area contributed by atoms with E-state index in [0.717, 1.165) is 17.0 Å². The second-order valence-corrected chi connectivity index (χ2v) is 4.29. The first kappa shape index (κ1) is 12.8. The Balaban J connectivity index is 2.08. The Morgan fingerprint density at radius 2 is 2.26 bits per heavy atom. The Bertz CT molecular complexity index is 632. The highest BCUT2D eigenvalue weighted by molar-refractivity contribution is 5.94. The van der Waals surface area contributed by atoms with Crippen molar-refractivity contribution in [3.05, 3.63) is 52.3 Å². The van der Waals surface area contributed by atoms with Gasteiger partial charge >= 0.3 is 0 Å². The Morgan fingerprint density at radius 3 is 2.89 bits per heavy atom. The van der Waals surface area contributed by atoms with Crippen molar-refractivity contribution in [3.8, 4) is 6.07 Å². The maximum atomic E-state index is 12.0. The summed E-state index contributed by atoms with van der Waals surface area (Å²) in [6.07, 6.45) is 0. The summed E-state index contributed by atoms with van der Waals surface area (Å²) >= 11 is 0. The van der Waals surface area contributed by atoms with Gasteiger partial charge in [0.1, 0.15) is 0 Å². The van der Waals surface area contributed by atoms with Gasteiger partial charge in [0.2, 0.25) is 0 Å². The molecule has 2 N–H and O–H groups in total. The number of nitrogens with one attached hydrogen (secondary N) is 2. The van der Waals surface area contributed by atoms with E-state index in [4.69, 9.17) is 5.26 Å². The van der Waals surface area contributed by atoms with Crippen LogP contribution in [-0.4, -0.2) is 16.1 Å². The Hall–Kier alpha value is -2.61. The van der Waals surface area contributed by atoms with Crippen LogP contribution in [0, 0.1) is 25.2 Å². The molecule has 1 heterocycles. The number of amides is 1. The summed E-state index contributed by atoms with van der Waals surface area (Å²) in [6, 6.07) is 8.64. The minimum Gasteiger partial charge on any atom is -0.348 e. The number of carbonyl (C=O) groups is 1. The molecule has 19 heavy (non-hydrogen) atoms. The average molecular weight is 254 g/mol. The first-order valence-corrected chi connectivity index (χ1v) is 5.90. The van der Waals surface area contributed by atoms with Crippen molar-refractivity contribution in [3.63, 3.8) is 0 Å². The number of aryl methyl sites for hydroxylation is 2. The van der Waals surface area contributed by atoms with Gasteiger partial charge in [-0.3, -0.25) is 9.89 Å². The largest absolute Gasteiger partial charge is 0.348 e. The molecule has 2 rings (SSSR count). The third kappa shape index (κ3) is 2.80. The summed E-state index contributed by atoms with van der Waals surface area (Å²) < 4.78 is 0. The number of hydrogen-bond donors (Lipinski definition) is 2. The predicted octanol–water partition coefficient (Wildman–Crippen LogP) is 1.83. The van der Waals surface area contributed by atoms with E-state index >= 15 is 0 Å². The number of benzene rings is 1. The zero-order valence-electron chi connectivity index (χ0n) is 10.8. The molecule has 96 valence electrons. The van der Waals surface area contributed by atoms with Crippen LogP contribution in [0.2, 0.25) is 0 Å². The zero-order valence-corrected chi connectivity index (χ0v) is 10.8. The van der Waals surface area contributed by atoms with E-state index in [2.05, 4.69) is 15.5 Å². The molecule has 0 spiro atoms. The molecular formula is C14H14N4O. The van der Waals surface area contributed by atoms with Crippen LogP contribution < -0.4 is 5.32 Å². The van der Waals surface area contributed by atoms with Crippen LogP contribution in [0.5, 0.6) is 0 Å². The van der Waals surface area contributed by atoms with Gasteiger partial charge in [-0.2, -0.15) is 10.4 Å². The van der Waals surface area contributed by atoms with Crippen molar-refractivity contribution in [1.29, 1.82) is 5.26 Å². The fraction of sp³-hybridized carbons (Fsp3) is 0.214. The molecule has 0 bridgehead atoms. The van der Waals surface area contributed by atoms with Gasteiger partial charge in [0.05, 0.1) is 17.3 Å². The van der Waals surface area contributed by atoms with Gasteiger partial charge < -0.3 is 5.32 Å². The molecule has 5 nitrogen and oxygen atoms in total. The normalized spacial score (nSPS) is 9.95. The van der Waals surface area contributed by atoms with Crippen LogP contribution in [0.25, 0.3) is 0 Å². The average Bonchev–Trinajstić information content (AvgIpc) is 2.75. The molecule has 0 aliphatic carbocycles. The monoisotopic (exact) mass is 254 g/mol. The molecule has 1 aromatic heterocycles. The first-order valence-electron chi connectivity index (χ1n) is 5.90. The second-order valence-electron chi connectivity index (χ2n) is 4.29.